The lowest BCUT2D eigenvalue weighted by molar-refractivity contribution is -0.140. The molecule has 5 nitrogen and oxygen atoms in total. The van der Waals surface area contributed by atoms with Crippen molar-refractivity contribution >= 4 is 5.97 Å². The summed E-state index contributed by atoms with van der Waals surface area (Å²) in [5.74, 6) is -0.420. The molecule has 0 aliphatic heterocycles. The summed E-state index contributed by atoms with van der Waals surface area (Å²) in [4.78, 5) is 11.2. The van der Waals surface area contributed by atoms with Gasteiger partial charge in [0, 0.05) is 0 Å². The van der Waals surface area contributed by atoms with E-state index in [1.807, 2.05) is 6.92 Å². The average molecular weight is 218 g/mol. The summed E-state index contributed by atoms with van der Waals surface area (Å²) in [6.45, 7) is 4.65. The van der Waals surface area contributed by atoms with Crippen LogP contribution in [0.1, 0.15) is 13.8 Å². The Hall–Kier alpha value is -1.07. The van der Waals surface area contributed by atoms with Gasteiger partial charge >= 0.3 is 5.97 Å². The van der Waals surface area contributed by atoms with Crippen LogP contribution in [-0.2, 0) is 19.0 Å². The molecule has 0 unspecified atom stereocenters. The van der Waals surface area contributed by atoms with Crippen molar-refractivity contribution in [1.82, 2.24) is 0 Å². The molecule has 0 aliphatic rings. The number of carbonyl (C=O) groups is 1. The number of ether oxygens (including phenoxy) is 3. The van der Waals surface area contributed by atoms with E-state index in [4.69, 9.17) is 19.3 Å². The minimum absolute atomic E-state index is 0.0305. The SMILES string of the molecule is CCOC=C(C)C(=O)OCCOCCO. The molecule has 0 heterocycles. The van der Waals surface area contributed by atoms with Crippen molar-refractivity contribution in [2.24, 2.45) is 0 Å². The van der Waals surface area contributed by atoms with Crippen molar-refractivity contribution in [2.75, 3.05) is 33.0 Å². The molecule has 1 N–H and O–H groups in total. The third-order valence-corrected chi connectivity index (χ3v) is 1.45. The Kier molecular flexibility index (Phi) is 8.81. The molecule has 5 heteroatoms. The maximum Gasteiger partial charge on any atom is 0.336 e. The van der Waals surface area contributed by atoms with Crippen molar-refractivity contribution in [1.29, 1.82) is 0 Å². The van der Waals surface area contributed by atoms with Gasteiger partial charge in [0.25, 0.3) is 0 Å². The summed E-state index contributed by atoms with van der Waals surface area (Å²) in [7, 11) is 0. The fourth-order valence-electron chi connectivity index (χ4n) is 0.730. The first kappa shape index (κ1) is 13.9. The molecule has 88 valence electrons. The van der Waals surface area contributed by atoms with Gasteiger partial charge in [-0.2, -0.15) is 0 Å². The second-order valence-corrected chi connectivity index (χ2v) is 2.73. The van der Waals surface area contributed by atoms with Crippen molar-refractivity contribution in [2.45, 2.75) is 13.8 Å². The Balaban J connectivity index is 3.55. The van der Waals surface area contributed by atoms with Crippen LogP contribution in [0.2, 0.25) is 0 Å². The number of aliphatic hydroxyl groups is 1. The summed E-state index contributed by atoms with van der Waals surface area (Å²) in [5.41, 5.74) is 0.416. The molecule has 0 aromatic heterocycles. The van der Waals surface area contributed by atoms with Crippen molar-refractivity contribution in [3.63, 3.8) is 0 Å². The smallest absolute Gasteiger partial charge is 0.336 e. The van der Waals surface area contributed by atoms with E-state index in [1.165, 1.54) is 6.26 Å². The Labute approximate surface area is 89.6 Å². The minimum atomic E-state index is -0.420. The first-order valence-corrected chi connectivity index (χ1v) is 4.86. The monoisotopic (exact) mass is 218 g/mol. The first-order valence-electron chi connectivity index (χ1n) is 4.86. The maximum atomic E-state index is 11.2. The van der Waals surface area contributed by atoms with Gasteiger partial charge in [-0.3, -0.25) is 0 Å². The van der Waals surface area contributed by atoms with E-state index in [-0.39, 0.29) is 26.4 Å². The van der Waals surface area contributed by atoms with Gasteiger partial charge in [0.1, 0.15) is 6.61 Å². The summed E-state index contributed by atoms with van der Waals surface area (Å²) < 4.78 is 14.7. The number of esters is 1. The van der Waals surface area contributed by atoms with Gasteiger partial charge in [-0.25, -0.2) is 4.79 Å². The lowest BCUT2D eigenvalue weighted by Crippen LogP contribution is -2.12. The lowest BCUT2D eigenvalue weighted by atomic mass is 10.3. The fraction of sp³-hybridized carbons (Fsp3) is 0.700. The highest BCUT2D eigenvalue weighted by atomic mass is 16.6. The van der Waals surface area contributed by atoms with Crippen LogP contribution in [-0.4, -0.2) is 44.1 Å². The second kappa shape index (κ2) is 9.48. The van der Waals surface area contributed by atoms with Crippen LogP contribution in [0.15, 0.2) is 11.8 Å². The molecular formula is C10H18O5. The lowest BCUT2D eigenvalue weighted by Gasteiger charge is -2.05. The van der Waals surface area contributed by atoms with Gasteiger partial charge in [0.05, 0.1) is 38.3 Å². The third kappa shape index (κ3) is 7.96. The number of aliphatic hydroxyl groups excluding tert-OH is 1. The largest absolute Gasteiger partial charge is 0.501 e. The van der Waals surface area contributed by atoms with E-state index in [0.717, 1.165) is 0 Å². The fourth-order valence-corrected chi connectivity index (χ4v) is 0.730. The van der Waals surface area contributed by atoms with E-state index in [1.54, 1.807) is 6.92 Å². The van der Waals surface area contributed by atoms with Crippen LogP contribution in [0.5, 0.6) is 0 Å². The molecule has 0 saturated carbocycles. The quantitative estimate of drug-likeness (QED) is 0.278. The summed E-state index contributed by atoms with van der Waals surface area (Å²) in [6.07, 6.45) is 1.37. The Morgan fingerprint density at radius 2 is 2.07 bits per heavy atom. The zero-order valence-electron chi connectivity index (χ0n) is 9.19. The van der Waals surface area contributed by atoms with Gasteiger partial charge in [0.15, 0.2) is 0 Å². The zero-order valence-corrected chi connectivity index (χ0v) is 9.19. The highest BCUT2D eigenvalue weighted by Crippen LogP contribution is 1.97. The molecule has 0 aliphatic carbocycles. The van der Waals surface area contributed by atoms with Crippen molar-refractivity contribution < 1.29 is 24.1 Å². The van der Waals surface area contributed by atoms with Gasteiger partial charge in [-0.1, -0.05) is 0 Å². The number of carbonyl (C=O) groups excluding carboxylic acids is 1. The van der Waals surface area contributed by atoms with Gasteiger partial charge in [-0.15, -0.1) is 0 Å². The highest BCUT2D eigenvalue weighted by Gasteiger charge is 2.05. The van der Waals surface area contributed by atoms with Crippen LogP contribution in [0.25, 0.3) is 0 Å². The van der Waals surface area contributed by atoms with Crippen LogP contribution in [0.3, 0.4) is 0 Å². The topological polar surface area (TPSA) is 65.0 Å². The molecule has 0 fully saturated rings. The zero-order chi connectivity index (χ0) is 11.5. The number of hydrogen-bond donors (Lipinski definition) is 1. The number of hydrogen-bond acceptors (Lipinski definition) is 5. The standard InChI is InChI=1S/C10H18O5/c1-3-13-8-9(2)10(12)15-7-6-14-5-4-11/h8,11H,3-7H2,1-2H3. The van der Waals surface area contributed by atoms with Gasteiger partial charge < -0.3 is 19.3 Å². The molecule has 0 saturated heterocycles. The predicted octanol–water partition coefficient (Wildman–Crippen LogP) is 0.479. The van der Waals surface area contributed by atoms with Gasteiger partial charge in [0.2, 0.25) is 0 Å². The van der Waals surface area contributed by atoms with Crippen molar-refractivity contribution in [3.05, 3.63) is 11.8 Å². The maximum absolute atomic E-state index is 11.2. The molecular weight excluding hydrogens is 200 g/mol. The van der Waals surface area contributed by atoms with E-state index in [2.05, 4.69) is 0 Å². The average Bonchev–Trinajstić information content (AvgIpc) is 2.25. The van der Waals surface area contributed by atoms with Crippen LogP contribution in [0, 0.1) is 0 Å². The minimum Gasteiger partial charge on any atom is -0.501 e. The van der Waals surface area contributed by atoms with Crippen LogP contribution in [0.4, 0.5) is 0 Å². The summed E-state index contributed by atoms with van der Waals surface area (Å²) in [5, 5.41) is 8.40. The Bertz CT molecular complexity index is 200. The molecule has 0 spiro atoms. The van der Waals surface area contributed by atoms with E-state index in [0.29, 0.717) is 12.2 Å². The molecule has 0 rings (SSSR count). The molecule has 0 aromatic carbocycles. The molecule has 0 bridgehead atoms. The second-order valence-electron chi connectivity index (χ2n) is 2.73. The normalized spacial score (nSPS) is 11.3. The first-order chi connectivity index (χ1) is 7.22. The number of rotatable bonds is 8. The Morgan fingerprint density at radius 1 is 1.33 bits per heavy atom. The van der Waals surface area contributed by atoms with E-state index < -0.39 is 5.97 Å². The van der Waals surface area contributed by atoms with E-state index in [9.17, 15) is 4.79 Å². The van der Waals surface area contributed by atoms with Gasteiger partial charge in [-0.05, 0) is 13.8 Å². The summed E-state index contributed by atoms with van der Waals surface area (Å²) in [6, 6.07) is 0. The third-order valence-electron chi connectivity index (χ3n) is 1.45. The Morgan fingerprint density at radius 3 is 2.67 bits per heavy atom. The summed E-state index contributed by atoms with van der Waals surface area (Å²) >= 11 is 0. The van der Waals surface area contributed by atoms with Crippen molar-refractivity contribution in [3.8, 4) is 0 Å². The molecule has 0 radical (unpaired) electrons. The van der Waals surface area contributed by atoms with Crippen LogP contribution < -0.4 is 0 Å². The molecule has 0 atom stereocenters. The predicted molar refractivity (Wildman–Crippen MR) is 54.2 cm³/mol. The highest BCUT2D eigenvalue weighted by molar-refractivity contribution is 5.87. The molecule has 0 amide bonds. The molecule has 0 aromatic rings. The molecule has 15 heavy (non-hydrogen) atoms. The van der Waals surface area contributed by atoms with E-state index >= 15 is 0 Å². The van der Waals surface area contributed by atoms with Crippen LogP contribution >= 0.6 is 0 Å².